The maximum Gasteiger partial charge on any atom is 0.165 e. The molecule has 0 aromatic heterocycles. The van der Waals surface area contributed by atoms with E-state index < -0.39 is 0 Å². The van der Waals surface area contributed by atoms with Gasteiger partial charge in [0.05, 0.1) is 0 Å². The van der Waals surface area contributed by atoms with Gasteiger partial charge in [-0.2, -0.15) is 4.89 Å². The van der Waals surface area contributed by atoms with Crippen molar-refractivity contribution in [3.05, 3.63) is 29.8 Å². The molecule has 0 aliphatic rings. The highest BCUT2D eigenvalue weighted by Gasteiger charge is 2.23. The minimum Gasteiger partial charge on any atom is -0.337 e. The molecule has 0 bridgehead atoms. The Morgan fingerprint density at radius 3 is 2.11 bits per heavy atom. The molecule has 1 aromatic rings. The first-order chi connectivity index (χ1) is 8.84. The molecule has 1 atom stereocenters. The van der Waals surface area contributed by atoms with Gasteiger partial charge in [-0.15, -0.1) is 0 Å². The van der Waals surface area contributed by atoms with E-state index in [1.165, 1.54) is 5.56 Å². The molecule has 0 saturated heterocycles. The summed E-state index contributed by atoms with van der Waals surface area (Å²) in [4.78, 5) is 11.0. The normalized spacial score (nSPS) is 13.6. The molecule has 0 spiro atoms. The first kappa shape index (κ1) is 16.0. The lowest BCUT2D eigenvalue weighted by Crippen LogP contribution is -2.28. The Bertz CT molecular complexity index is 365. The summed E-state index contributed by atoms with van der Waals surface area (Å²) in [7, 11) is 0. The molecule has 19 heavy (non-hydrogen) atoms. The average molecular weight is 264 g/mol. The van der Waals surface area contributed by atoms with Crippen molar-refractivity contribution in [2.75, 3.05) is 0 Å². The van der Waals surface area contributed by atoms with Crippen LogP contribution in [0.1, 0.15) is 65.9 Å². The van der Waals surface area contributed by atoms with Crippen LogP contribution < -0.4 is 4.89 Å². The van der Waals surface area contributed by atoms with Gasteiger partial charge >= 0.3 is 0 Å². The minimum atomic E-state index is -0.258. The van der Waals surface area contributed by atoms with Gasteiger partial charge in [0.25, 0.3) is 0 Å². The molecule has 0 aliphatic carbocycles. The lowest BCUT2D eigenvalue weighted by molar-refractivity contribution is -0.285. The zero-order valence-corrected chi connectivity index (χ0v) is 13.2. The van der Waals surface area contributed by atoms with Gasteiger partial charge in [-0.25, -0.2) is 0 Å². The van der Waals surface area contributed by atoms with E-state index in [0.29, 0.717) is 11.8 Å². The van der Waals surface area contributed by atoms with E-state index >= 15 is 0 Å². The van der Waals surface area contributed by atoms with Gasteiger partial charge in [-0.1, -0.05) is 46.2 Å². The third kappa shape index (κ3) is 5.65. The van der Waals surface area contributed by atoms with E-state index in [1.54, 1.807) is 0 Å². The number of rotatable bonds is 7. The van der Waals surface area contributed by atoms with Crippen LogP contribution in [-0.4, -0.2) is 5.60 Å². The van der Waals surface area contributed by atoms with E-state index in [1.807, 2.05) is 12.1 Å². The Morgan fingerprint density at radius 2 is 1.63 bits per heavy atom. The van der Waals surface area contributed by atoms with Crippen molar-refractivity contribution < 1.29 is 9.78 Å². The highest BCUT2D eigenvalue weighted by Crippen LogP contribution is 2.25. The van der Waals surface area contributed by atoms with Crippen LogP contribution in [0, 0.1) is 5.92 Å². The van der Waals surface area contributed by atoms with Gasteiger partial charge in [0.15, 0.2) is 5.75 Å². The molecule has 0 saturated carbocycles. The van der Waals surface area contributed by atoms with Gasteiger partial charge in [-0.3, -0.25) is 0 Å². The van der Waals surface area contributed by atoms with Crippen molar-refractivity contribution in [2.24, 2.45) is 5.92 Å². The van der Waals surface area contributed by atoms with E-state index in [0.717, 1.165) is 18.6 Å². The summed E-state index contributed by atoms with van der Waals surface area (Å²) in [5.74, 6) is 1.94. The van der Waals surface area contributed by atoms with Crippen LogP contribution in [0.5, 0.6) is 5.75 Å². The molecule has 0 N–H and O–H groups in total. The third-order valence-electron chi connectivity index (χ3n) is 3.45. The molecular weight excluding hydrogens is 236 g/mol. The Morgan fingerprint density at radius 1 is 1.05 bits per heavy atom. The molecule has 2 heteroatoms. The molecule has 1 unspecified atom stereocenters. The Hall–Kier alpha value is -1.02. The molecule has 0 fully saturated rings. The zero-order chi connectivity index (χ0) is 14.5. The van der Waals surface area contributed by atoms with Crippen LogP contribution in [0.3, 0.4) is 0 Å². The molecule has 1 aromatic carbocycles. The summed E-state index contributed by atoms with van der Waals surface area (Å²) >= 11 is 0. The fraction of sp³-hybridized carbons (Fsp3) is 0.647. The summed E-state index contributed by atoms with van der Waals surface area (Å²) < 4.78 is 0. The van der Waals surface area contributed by atoms with Crippen molar-refractivity contribution in [2.45, 2.75) is 65.9 Å². The molecule has 0 radical (unpaired) electrons. The van der Waals surface area contributed by atoms with E-state index in [-0.39, 0.29) is 5.60 Å². The van der Waals surface area contributed by atoms with Gasteiger partial charge in [0, 0.05) is 0 Å². The fourth-order valence-corrected chi connectivity index (χ4v) is 2.09. The first-order valence-electron chi connectivity index (χ1n) is 7.29. The summed E-state index contributed by atoms with van der Waals surface area (Å²) in [6, 6.07) is 8.11. The smallest absolute Gasteiger partial charge is 0.165 e. The number of hydrogen-bond donors (Lipinski definition) is 0. The summed E-state index contributed by atoms with van der Waals surface area (Å²) in [6.07, 6.45) is 2.16. The SMILES string of the molecule is CCC(C)CC(C)(C)OOc1ccc(C(C)C)cc1. The summed E-state index contributed by atoms with van der Waals surface area (Å²) in [5.41, 5.74) is 1.05. The standard InChI is InChI=1S/C17H28O2/c1-7-14(4)12-17(5,6)19-18-16-10-8-15(9-11-16)13(2)3/h8-11,13-14H,7,12H2,1-6H3. The lowest BCUT2D eigenvalue weighted by atomic mass is 9.93. The van der Waals surface area contributed by atoms with Gasteiger partial charge < -0.3 is 4.89 Å². The van der Waals surface area contributed by atoms with Crippen molar-refractivity contribution >= 4 is 0 Å². The second kappa shape index (κ2) is 6.95. The van der Waals surface area contributed by atoms with E-state index in [9.17, 15) is 0 Å². The minimum absolute atomic E-state index is 0.258. The monoisotopic (exact) mass is 264 g/mol. The highest BCUT2D eigenvalue weighted by atomic mass is 17.2. The van der Waals surface area contributed by atoms with Gasteiger partial charge in [-0.05, 0) is 49.8 Å². The fourth-order valence-electron chi connectivity index (χ4n) is 2.09. The van der Waals surface area contributed by atoms with Crippen LogP contribution in [0.4, 0.5) is 0 Å². The molecule has 2 nitrogen and oxygen atoms in total. The molecule has 108 valence electrons. The third-order valence-corrected chi connectivity index (χ3v) is 3.45. The number of benzene rings is 1. The van der Waals surface area contributed by atoms with Crippen LogP contribution in [0.2, 0.25) is 0 Å². The topological polar surface area (TPSA) is 18.5 Å². The van der Waals surface area contributed by atoms with E-state index in [4.69, 9.17) is 9.78 Å². The summed E-state index contributed by atoms with van der Waals surface area (Å²) in [5, 5.41) is 0. The van der Waals surface area contributed by atoms with Crippen LogP contribution in [-0.2, 0) is 4.89 Å². The Labute approximate surface area is 118 Å². The lowest BCUT2D eigenvalue weighted by Gasteiger charge is -2.26. The van der Waals surface area contributed by atoms with Crippen LogP contribution >= 0.6 is 0 Å². The highest BCUT2D eigenvalue weighted by molar-refractivity contribution is 5.28. The maximum absolute atomic E-state index is 5.59. The molecule has 0 aliphatic heterocycles. The molecule has 0 heterocycles. The van der Waals surface area contributed by atoms with E-state index in [2.05, 4.69) is 53.7 Å². The Balaban J connectivity index is 2.51. The average Bonchev–Trinajstić information content (AvgIpc) is 2.36. The Kier molecular flexibility index (Phi) is 5.86. The van der Waals surface area contributed by atoms with Gasteiger partial charge in [0.1, 0.15) is 5.60 Å². The van der Waals surface area contributed by atoms with Crippen molar-refractivity contribution in [3.63, 3.8) is 0 Å². The quantitative estimate of drug-likeness (QED) is 0.489. The van der Waals surface area contributed by atoms with Gasteiger partial charge in [0.2, 0.25) is 0 Å². The second-order valence-corrected chi connectivity index (χ2v) is 6.37. The van der Waals surface area contributed by atoms with Crippen LogP contribution in [0.15, 0.2) is 24.3 Å². The predicted octanol–water partition coefficient (Wildman–Crippen LogP) is 5.34. The first-order valence-corrected chi connectivity index (χ1v) is 7.29. The molecular formula is C17H28O2. The molecule has 0 amide bonds. The van der Waals surface area contributed by atoms with Crippen molar-refractivity contribution in [1.29, 1.82) is 0 Å². The van der Waals surface area contributed by atoms with Crippen molar-refractivity contribution in [3.8, 4) is 5.75 Å². The number of hydrogen-bond acceptors (Lipinski definition) is 2. The zero-order valence-electron chi connectivity index (χ0n) is 13.2. The van der Waals surface area contributed by atoms with Crippen LogP contribution in [0.25, 0.3) is 0 Å². The predicted molar refractivity (Wildman–Crippen MR) is 80.4 cm³/mol. The summed E-state index contributed by atoms with van der Waals surface area (Å²) in [6.45, 7) is 12.9. The second-order valence-electron chi connectivity index (χ2n) is 6.37. The maximum atomic E-state index is 5.59. The molecule has 1 rings (SSSR count). The van der Waals surface area contributed by atoms with Crippen molar-refractivity contribution in [1.82, 2.24) is 0 Å². The largest absolute Gasteiger partial charge is 0.337 e.